The van der Waals surface area contributed by atoms with E-state index in [4.69, 9.17) is 9.84 Å². The normalized spacial score (nSPS) is 20.3. The van der Waals surface area contributed by atoms with Gasteiger partial charge in [0.05, 0.1) is 0 Å². The fourth-order valence-electron chi connectivity index (χ4n) is 1.69. The Kier molecular flexibility index (Phi) is 4.14. The molecule has 0 aromatic rings. The number of hydrogen-bond donors (Lipinski definition) is 1. The van der Waals surface area contributed by atoms with Crippen LogP contribution < -0.4 is 0 Å². The molecular weight excluding hydrogens is 238 g/mol. The zero-order valence-electron chi connectivity index (χ0n) is 10.7. The summed E-state index contributed by atoms with van der Waals surface area (Å²) in [5.74, 6) is -0.456. The van der Waals surface area contributed by atoms with E-state index in [1.807, 2.05) is 0 Å². The highest BCUT2D eigenvalue weighted by molar-refractivity contribution is 5.79. The number of carbonyl (C=O) groups excluding carboxylic acids is 2. The average Bonchev–Trinajstić information content (AvgIpc) is 2.25. The van der Waals surface area contributed by atoms with Gasteiger partial charge in [-0.1, -0.05) is 0 Å². The summed E-state index contributed by atoms with van der Waals surface area (Å²) in [4.78, 5) is 34.7. The highest BCUT2D eigenvalue weighted by atomic mass is 16.6. The third kappa shape index (κ3) is 3.60. The summed E-state index contributed by atoms with van der Waals surface area (Å²) in [7, 11) is 0. The lowest BCUT2D eigenvalue weighted by molar-refractivity contribution is -0.141. The molecule has 0 radical (unpaired) electrons. The second kappa shape index (κ2) is 5.23. The summed E-state index contributed by atoms with van der Waals surface area (Å²) in [6.07, 6.45) is -0.335. The van der Waals surface area contributed by atoms with Gasteiger partial charge < -0.3 is 14.7 Å². The van der Waals surface area contributed by atoms with Crippen molar-refractivity contribution in [1.29, 1.82) is 0 Å². The second-order valence-corrected chi connectivity index (χ2v) is 5.19. The summed E-state index contributed by atoms with van der Waals surface area (Å²) >= 11 is 0. The first-order valence-corrected chi connectivity index (χ1v) is 5.69. The van der Waals surface area contributed by atoms with Crippen molar-refractivity contribution >= 4 is 18.0 Å². The molecule has 18 heavy (non-hydrogen) atoms. The number of carboxylic acid groups (broad SMARTS) is 1. The number of rotatable bonds is 1. The molecule has 6 nitrogen and oxygen atoms in total. The van der Waals surface area contributed by atoms with E-state index in [2.05, 4.69) is 0 Å². The van der Waals surface area contributed by atoms with Crippen LogP contribution in [-0.4, -0.2) is 46.7 Å². The molecule has 1 aliphatic heterocycles. The SMILES string of the molecule is CC(C)(C)OC(=O)N1CCC(=C=O)C(C(=O)O)C1. The molecule has 1 heterocycles. The Morgan fingerprint density at radius 1 is 1.44 bits per heavy atom. The predicted molar refractivity (Wildman–Crippen MR) is 62.8 cm³/mol. The fourth-order valence-corrected chi connectivity index (χ4v) is 1.69. The van der Waals surface area contributed by atoms with Gasteiger partial charge in [0.15, 0.2) is 0 Å². The number of hydrogen-bond acceptors (Lipinski definition) is 4. The number of piperidine rings is 1. The third-order valence-electron chi connectivity index (χ3n) is 2.56. The van der Waals surface area contributed by atoms with E-state index in [0.29, 0.717) is 0 Å². The molecule has 1 N–H and O–H groups in total. The Balaban J connectivity index is 2.75. The maximum absolute atomic E-state index is 11.8. The van der Waals surface area contributed by atoms with Crippen LogP contribution >= 0.6 is 0 Å². The van der Waals surface area contributed by atoms with Crippen LogP contribution in [0.25, 0.3) is 0 Å². The summed E-state index contributed by atoms with van der Waals surface area (Å²) in [6.45, 7) is 5.44. The smallest absolute Gasteiger partial charge is 0.410 e. The molecule has 1 saturated heterocycles. The Morgan fingerprint density at radius 3 is 2.50 bits per heavy atom. The van der Waals surface area contributed by atoms with Gasteiger partial charge in [-0.2, -0.15) is 0 Å². The molecule has 1 aliphatic rings. The van der Waals surface area contributed by atoms with Gasteiger partial charge in [-0.15, -0.1) is 0 Å². The monoisotopic (exact) mass is 255 g/mol. The zero-order chi connectivity index (χ0) is 13.9. The van der Waals surface area contributed by atoms with Crippen LogP contribution in [0.1, 0.15) is 27.2 Å². The molecule has 1 atom stereocenters. The van der Waals surface area contributed by atoms with Gasteiger partial charge in [0, 0.05) is 18.7 Å². The minimum atomic E-state index is -1.12. The number of carbonyl (C=O) groups is 2. The van der Waals surface area contributed by atoms with Crippen molar-refractivity contribution in [3.05, 3.63) is 5.57 Å². The lowest BCUT2D eigenvalue weighted by Crippen LogP contribution is -2.45. The summed E-state index contributed by atoms with van der Waals surface area (Å²) in [6, 6.07) is 0. The highest BCUT2D eigenvalue weighted by Gasteiger charge is 2.34. The number of likely N-dealkylation sites (tertiary alicyclic amines) is 1. The van der Waals surface area contributed by atoms with Gasteiger partial charge in [-0.05, 0) is 27.2 Å². The van der Waals surface area contributed by atoms with Gasteiger partial charge in [-0.3, -0.25) is 4.79 Å². The van der Waals surface area contributed by atoms with Crippen molar-refractivity contribution in [1.82, 2.24) is 4.90 Å². The van der Waals surface area contributed by atoms with Gasteiger partial charge in [-0.25, -0.2) is 9.59 Å². The number of aliphatic carboxylic acids is 1. The minimum Gasteiger partial charge on any atom is -0.481 e. The molecule has 1 fully saturated rings. The molecule has 100 valence electrons. The Hall–Kier alpha value is -1.81. The van der Waals surface area contributed by atoms with E-state index in [9.17, 15) is 14.4 Å². The molecule has 0 aliphatic carbocycles. The van der Waals surface area contributed by atoms with Crippen LogP contribution in [0.3, 0.4) is 0 Å². The van der Waals surface area contributed by atoms with Crippen molar-refractivity contribution in [2.45, 2.75) is 32.8 Å². The van der Waals surface area contributed by atoms with Crippen LogP contribution in [-0.2, 0) is 14.3 Å². The number of nitrogens with zero attached hydrogens (tertiary/aromatic N) is 1. The fraction of sp³-hybridized carbons (Fsp3) is 0.667. The van der Waals surface area contributed by atoms with Gasteiger partial charge in [0.1, 0.15) is 17.5 Å². The first kappa shape index (κ1) is 14.3. The number of amides is 1. The highest BCUT2D eigenvalue weighted by Crippen LogP contribution is 2.22. The lowest BCUT2D eigenvalue weighted by Gasteiger charge is -2.32. The molecule has 6 heteroatoms. The van der Waals surface area contributed by atoms with Gasteiger partial charge in [0.25, 0.3) is 0 Å². The quantitative estimate of drug-likeness (QED) is 0.709. The van der Waals surface area contributed by atoms with Crippen LogP contribution in [0.2, 0.25) is 0 Å². The topological polar surface area (TPSA) is 83.9 Å². The third-order valence-corrected chi connectivity index (χ3v) is 2.56. The Morgan fingerprint density at radius 2 is 2.06 bits per heavy atom. The molecule has 1 amide bonds. The van der Waals surface area contributed by atoms with E-state index in [-0.39, 0.29) is 25.1 Å². The lowest BCUT2D eigenvalue weighted by atomic mass is 9.93. The standard InChI is InChI=1S/C12H17NO5/c1-12(2,3)18-11(17)13-5-4-8(7-14)9(6-13)10(15)16/h9H,4-6H2,1-3H3,(H,15,16). The van der Waals surface area contributed by atoms with Crippen LogP contribution in [0, 0.1) is 5.92 Å². The maximum atomic E-state index is 11.8. The molecule has 1 rings (SSSR count). The molecular formula is C12H17NO5. The van der Waals surface area contributed by atoms with Crippen LogP contribution in [0.4, 0.5) is 4.79 Å². The molecule has 0 bridgehead atoms. The van der Waals surface area contributed by atoms with Crippen LogP contribution in [0.15, 0.2) is 5.57 Å². The summed E-state index contributed by atoms with van der Waals surface area (Å²) in [5.41, 5.74) is -0.432. The van der Waals surface area contributed by atoms with E-state index in [1.165, 1.54) is 4.90 Å². The van der Waals surface area contributed by atoms with Gasteiger partial charge in [0.2, 0.25) is 0 Å². The molecule has 0 aromatic carbocycles. The van der Waals surface area contributed by atoms with E-state index < -0.39 is 23.6 Å². The van der Waals surface area contributed by atoms with Crippen LogP contribution in [0.5, 0.6) is 0 Å². The van der Waals surface area contributed by atoms with E-state index in [0.717, 1.165) is 0 Å². The van der Waals surface area contributed by atoms with Gasteiger partial charge >= 0.3 is 12.1 Å². The van der Waals surface area contributed by atoms with Crippen molar-refractivity contribution in [2.24, 2.45) is 5.92 Å². The summed E-state index contributed by atoms with van der Waals surface area (Å²) < 4.78 is 5.16. The Labute approximate surface area is 105 Å². The molecule has 1 unspecified atom stereocenters. The maximum Gasteiger partial charge on any atom is 0.410 e. The largest absolute Gasteiger partial charge is 0.481 e. The van der Waals surface area contributed by atoms with Crippen molar-refractivity contribution in [3.8, 4) is 0 Å². The number of carboxylic acids is 1. The van der Waals surface area contributed by atoms with Crippen molar-refractivity contribution < 1.29 is 24.2 Å². The Bertz CT molecular complexity index is 403. The summed E-state index contributed by atoms with van der Waals surface area (Å²) in [5, 5.41) is 8.99. The first-order valence-electron chi connectivity index (χ1n) is 5.69. The van der Waals surface area contributed by atoms with Crippen molar-refractivity contribution in [2.75, 3.05) is 13.1 Å². The molecule has 0 aromatic heterocycles. The number of ether oxygens (including phenoxy) is 1. The average molecular weight is 255 g/mol. The molecule has 0 saturated carbocycles. The van der Waals surface area contributed by atoms with E-state index >= 15 is 0 Å². The minimum absolute atomic E-state index is 0.0468. The van der Waals surface area contributed by atoms with E-state index in [1.54, 1.807) is 26.7 Å². The van der Waals surface area contributed by atoms with Crippen molar-refractivity contribution in [3.63, 3.8) is 0 Å². The molecule has 0 spiro atoms. The predicted octanol–water partition coefficient (Wildman–Crippen LogP) is 1.09. The zero-order valence-corrected chi connectivity index (χ0v) is 10.7. The second-order valence-electron chi connectivity index (χ2n) is 5.19. The first-order chi connectivity index (χ1) is 8.24.